The minimum Gasteiger partial charge on any atom is -0.496 e. The van der Waals surface area contributed by atoms with Crippen molar-refractivity contribution in [1.29, 1.82) is 0 Å². The van der Waals surface area contributed by atoms with E-state index < -0.39 is 0 Å². The van der Waals surface area contributed by atoms with Crippen molar-refractivity contribution in [3.05, 3.63) is 47.2 Å². The summed E-state index contributed by atoms with van der Waals surface area (Å²) in [6.07, 6.45) is 5.98. The van der Waals surface area contributed by atoms with Gasteiger partial charge in [0, 0.05) is 45.2 Å². The molecule has 0 unspecified atom stereocenters. The van der Waals surface area contributed by atoms with Crippen LogP contribution in [0.3, 0.4) is 0 Å². The number of aryl methyl sites for hydroxylation is 1. The minimum absolute atomic E-state index is 0.0745. The van der Waals surface area contributed by atoms with E-state index in [1.54, 1.807) is 19.2 Å². The summed E-state index contributed by atoms with van der Waals surface area (Å²) < 4.78 is 13.2. The SMILES string of the molecule is COc1cc(N)c(Cl)cc1C(=O)N[C@H]1CCN(CCCn2cccc2)C[C@H]1OC. The first-order chi connectivity index (χ1) is 14.0. The minimum atomic E-state index is -0.239. The van der Waals surface area contributed by atoms with Gasteiger partial charge in [0.25, 0.3) is 5.91 Å². The molecule has 1 saturated heterocycles. The number of nitrogens with one attached hydrogen (secondary N) is 1. The quantitative estimate of drug-likeness (QED) is 0.641. The maximum Gasteiger partial charge on any atom is 0.255 e. The Labute approximate surface area is 176 Å². The molecule has 0 bridgehead atoms. The number of hydrogen-bond donors (Lipinski definition) is 2. The standard InChI is InChI=1S/C21H29ClN4O3/c1-28-19-13-17(23)16(22)12-15(19)21(27)24-18-6-11-26(14-20(18)29-2)10-5-9-25-7-3-4-8-25/h3-4,7-8,12-13,18,20H,5-6,9-11,14,23H2,1-2H3,(H,24,27)/t18-,20+/m0/s1. The lowest BCUT2D eigenvalue weighted by Gasteiger charge is -2.38. The zero-order valence-corrected chi connectivity index (χ0v) is 17.7. The van der Waals surface area contributed by atoms with Gasteiger partial charge in [0.1, 0.15) is 5.75 Å². The normalized spacial score (nSPS) is 19.8. The van der Waals surface area contributed by atoms with Gasteiger partial charge in [-0.05, 0) is 37.6 Å². The predicted molar refractivity (Wildman–Crippen MR) is 115 cm³/mol. The number of ether oxygens (including phenoxy) is 2. The van der Waals surface area contributed by atoms with Gasteiger partial charge in [-0.25, -0.2) is 0 Å². The third kappa shape index (κ3) is 5.44. The lowest BCUT2D eigenvalue weighted by atomic mass is 10.0. The van der Waals surface area contributed by atoms with E-state index in [4.69, 9.17) is 26.8 Å². The van der Waals surface area contributed by atoms with Crippen LogP contribution in [0, 0.1) is 0 Å². The zero-order valence-electron chi connectivity index (χ0n) is 16.9. The van der Waals surface area contributed by atoms with Gasteiger partial charge in [-0.1, -0.05) is 11.6 Å². The molecule has 2 aromatic rings. The number of aromatic nitrogens is 1. The summed E-state index contributed by atoms with van der Waals surface area (Å²) in [5.41, 5.74) is 6.56. The molecule has 7 nitrogen and oxygen atoms in total. The second-order valence-electron chi connectivity index (χ2n) is 7.29. The summed E-state index contributed by atoms with van der Waals surface area (Å²) in [6, 6.07) is 7.12. The van der Waals surface area contributed by atoms with Crippen molar-refractivity contribution < 1.29 is 14.3 Å². The van der Waals surface area contributed by atoms with E-state index in [2.05, 4.69) is 27.2 Å². The molecule has 0 saturated carbocycles. The average Bonchev–Trinajstić information content (AvgIpc) is 3.24. The maximum atomic E-state index is 12.8. The third-order valence-electron chi connectivity index (χ3n) is 5.38. The van der Waals surface area contributed by atoms with E-state index >= 15 is 0 Å². The molecule has 158 valence electrons. The van der Waals surface area contributed by atoms with Crippen molar-refractivity contribution in [2.24, 2.45) is 0 Å². The van der Waals surface area contributed by atoms with E-state index in [-0.39, 0.29) is 18.1 Å². The van der Waals surface area contributed by atoms with E-state index in [0.717, 1.165) is 39.0 Å². The van der Waals surface area contributed by atoms with Crippen LogP contribution in [-0.2, 0) is 11.3 Å². The molecule has 1 aromatic heterocycles. The Morgan fingerprint density at radius 1 is 1.28 bits per heavy atom. The van der Waals surface area contributed by atoms with E-state index in [1.807, 2.05) is 12.1 Å². The van der Waals surface area contributed by atoms with Gasteiger partial charge >= 0.3 is 0 Å². The summed E-state index contributed by atoms with van der Waals surface area (Å²) in [5.74, 6) is 0.165. The molecule has 0 spiro atoms. The van der Waals surface area contributed by atoms with Gasteiger partial charge < -0.3 is 30.0 Å². The molecule has 1 aliphatic heterocycles. The Morgan fingerprint density at radius 2 is 2.03 bits per heavy atom. The zero-order chi connectivity index (χ0) is 20.8. The molecule has 2 heterocycles. The number of carbonyl (C=O) groups is 1. The third-order valence-corrected chi connectivity index (χ3v) is 5.71. The first-order valence-corrected chi connectivity index (χ1v) is 10.2. The van der Waals surface area contributed by atoms with E-state index in [9.17, 15) is 4.79 Å². The van der Waals surface area contributed by atoms with Crippen molar-refractivity contribution in [2.45, 2.75) is 31.5 Å². The summed E-state index contributed by atoms with van der Waals surface area (Å²) in [5, 5.41) is 3.41. The number of piperidine rings is 1. The van der Waals surface area contributed by atoms with E-state index in [0.29, 0.717) is 22.0 Å². The van der Waals surface area contributed by atoms with Crippen LogP contribution in [0.4, 0.5) is 5.69 Å². The number of halogens is 1. The molecule has 1 aliphatic rings. The summed E-state index contributed by atoms with van der Waals surface area (Å²) in [6.45, 7) is 3.70. The van der Waals surface area contributed by atoms with Crippen molar-refractivity contribution in [1.82, 2.24) is 14.8 Å². The average molecular weight is 421 g/mol. The molecule has 1 aromatic carbocycles. The van der Waals surface area contributed by atoms with Gasteiger partial charge in [-0.3, -0.25) is 4.79 Å². The fourth-order valence-corrected chi connectivity index (χ4v) is 3.91. The Bertz CT molecular complexity index is 813. The molecule has 3 N–H and O–H groups in total. The highest BCUT2D eigenvalue weighted by molar-refractivity contribution is 6.33. The number of methoxy groups -OCH3 is 2. The molecule has 3 rings (SSSR count). The second-order valence-corrected chi connectivity index (χ2v) is 7.70. The van der Waals surface area contributed by atoms with Gasteiger partial charge in [0.05, 0.1) is 35.5 Å². The molecule has 8 heteroatoms. The maximum absolute atomic E-state index is 12.8. The molecule has 29 heavy (non-hydrogen) atoms. The number of likely N-dealkylation sites (tertiary alicyclic amines) is 1. The molecule has 2 atom stereocenters. The Balaban J connectivity index is 1.56. The number of nitrogen functional groups attached to an aromatic ring is 1. The molecule has 1 fully saturated rings. The van der Waals surface area contributed by atoms with E-state index in [1.165, 1.54) is 7.11 Å². The van der Waals surface area contributed by atoms with Gasteiger partial charge in [-0.15, -0.1) is 0 Å². The van der Waals surface area contributed by atoms with Crippen molar-refractivity contribution >= 4 is 23.2 Å². The highest BCUT2D eigenvalue weighted by atomic mass is 35.5. The first kappa shape index (κ1) is 21.5. The summed E-state index contributed by atoms with van der Waals surface area (Å²) in [7, 11) is 3.19. The van der Waals surface area contributed by atoms with Crippen LogP contribution in [0.15, 0.2) is 36.7 Å². The highest BCUT2D eigenvalue weighted by Gasteiger charge is 2.31. The Morgan fingerprint density at radius 3 is 2.72 bits per heavy atom. The van der Waals surface area contributed by atoms with Crippen LogP contribution in [0.2, 0.25) is 5.02 Å². The largest absolute Gasteiger partial charge is 0.496 e. The number of hydrogen-bond acceptors (Lipinski definition) is 5. The molecular weight excluding hydrogens is 392 g/mol. The first-order valence-electron chi connectivity index (χ1n) is 9.81. The number of rotatable bonds is 8. The van der Waals surface area contributed by atoms with Crippen LogP contribution in [0.5, 0.6) is 5.75 Å². The predicted octanol–water partition coefficient (Wildman–Crippen LogP) is 2.64. The van der Waals surface area contributed by atoms with Gasteiger partial charge in [-0.2, -0.15) is 0 Å². The molecule has 1 amide bonds. The number of amides is 1. The fourth-order valence-electron chi connectivity index (χ4n) is 3.75. The van der Waals surface area contributed by atoms with Crippen LogP contribution < -0.4 is 15.8 Å². The monoisotopic (exact) mass is 420 g/mol. The molecule has 0 radical (unpaired) electrons. The number of benzene rings is 1. The van der Waals surface area contributed by atoms with Crippen molar-refractivity contribution in [3.63, 3.8) is 0 Å². The lowest BCUT2D eigenvalue weighted by Crippen LogP contribution is -2.55. The Hall–Kier alpha value is -2.22. The molecule has 0 aliphatic carbocycles. The topological polar surface area (TPSA) is 81.7 Å². The van der Waals surface area contributed by atoms with Crippen molar-refractivity contribution in [2.75, 3.05) is 39.6 Å². The Kier molecular flexibility index (Phi) is 7.41. The number of carbonyl (C=O) groups excluding carboxylic acids is 1. The van der Waals surface area contributed by atoms with Crippen LogP contribution >= 0.6 is 11.6 Å². The van der Waals surface area contributed by atoms with Crippen LogP contribution in [0.25, 0.3) is 0 Å². The number of nitrogens with two attached hydrogens (primary N) is 1. The fraction of sp³-hybridized carbons (Fsp3) is 0.476. The smallest absolute Gasteiger partial charge is 0.255 e. The highest BCUT2D eigenvalue weighted by Crippen LogP contribution is 2.29. The number of nitrogens with zero attached hydrogens (tertiary/aromatic N) is 2. The summed E-state index contributed by atoms with van der Waals surface area (Å²) in [4.78, 5) is 15.2. The van der Waals surface area contributed by atoms with Crippen molar-refractivity contribution in [3.8, 4) is 5.75 Å². The van der Waals surface area contributed by atoms with Gasteiger partial charge in [0.15, 0.2) is 0 Å². The lowest BCUT2D eigenvalue weighted by molar-refractivity contribution is 0.00585. The molecular formula is C21H29ClN4O3. The summed E-state index contributed by atoms with van der Waals surface area (Å²) >= 11 is 6.10. The number of anilines is 1. The van der Waals surface area contributed by atoms with Crippen LogP contribution in [-0.4, -0.2) is 61.4 Å². The second kappa shape index (κ2) is 10.0. The van der Waals surface area contributed by atoms with Gasteiger partial charge in [0.2, 0.25) is 0 Å². The van der Waals surface area contributed by atoms with Crippen LogP contribution in [0.1, 0.15) is 23.2 Å².